The van der Waals surface area contributed by atoms with Crippen molar-refractivity contribution in [2.45, 2.75) is 13.3 Å². The van der Waals surface area contributed by atoms with E-state index < -0.39 is 21.2 Å². The van der Waals surface area contributed by atoms with Crippen LogP contribution in [0.2, 0.25) is 10.0 Å². The minimum atomic E-state index is -3.11. The molecular weight excluding hydrogens is 469 g/mol. The predicted octanol–water partition coefficient (Wildman–Crippen LogP) is 3.77. The molecule has 2 rings (SSSR count). The summed E-state index contributed by atoms with van der Waals surface area (Å²) >= 11 is 11.9. The van der Waals surface area contributed by atoms with Gasteiger partial charge in [-0.25, -0.2) is 0 Å². The number of nitrogens with two attached hydrogens (primary N) is 1. The van der Waals surface area contributed by atoms with Crippen molar-refractivity contribution in [2.75, 3.05) is 12.3 Å². The molecule has 0 aliphatic heterocycles. The van der Waals surface area contributed by atoms with E-state index in [1.807, 2.05) is 6.92 Å². The summed E-state index contributed by atoms with van der Waals surface area (Å²) in [6.07, 6.45) is 0.893. The molecule has 0 heterocycles. The van der Waals surface area contributed by atoms with Gasteiger partial charge in [0.2, 0.25) is 0 Å². The van der Waals surface area contributed by atoms with E-state index in [1.54, 1.807) is 36.4 Å². The Morgan fingerprint density at radius 2 is 1.45 bits per heavy atom. The first-order chi connectivity index (χ1) is 13.6. The van der Waals surface area contributed by atoms with Crippen molar-refractivity contribution < 1.29 is 30.0 Å². The van der Waals surface area contributed by atoms with Gasteiger partial charge < -0.3 is 10.5 Å². The van der Waals surface area contributed by atoms with Crippen molar-refractivity contribution in [1.82, 2.24) is 0 Å². The van der Waals surface area contributed by atoms with Crippen LogP contribution in [0, 0.1) is 0 Å². The van der Waals surface area contributed by atoms with Crippen LogP contribution in [0.4, 0.5) is 17.1 Å². The molecule has 0 amide bonds. The Hall–Kier alpha value is -2.54. The minimum absolute atomic E-state index is 0.425. The molecule has 158 valence electrons. The maximum atomic E-state index is 8.44. The number of nitrogens with zero attached hydrogens (tertiary/aromatic N) is 2. The quantitative estimate of drug-likeness (QED) is 0.495. The van der Waals surface area contributed by atoms with Gasteiger partial charge in [-0.15, -0.1) is 30.4 Å². The smallest absolute Gasteiger partial charge is 0.425 e. The molecule has 0 atom stereocenters. The lowest BCUT2D eigenvalue weighted by Crippen LogP contribution is -1.98. The number of halogens is 2. The summed E-state index contributed by atoms with van der Waals surface area (Å²) in [6, 6.07) is 10.3. The first-order valence-corrected chi connectivity index (χ1v) is 10.2. The van der Waals surface area contributed by atoms with Crippen molar-refractivity contribution in [1.29, 1.82) is 0 Å². The molecule has 0 fully saturated rings. The highest BCUT2D eigenvalue weighted by molar-refractivity contribution is 7.59. The Labute approximate surface area is 179 Å². The zero-order chi connectivity index (χ0) is 22.4. The second kappa shape index (κ2) is 14.5. The first kappa shape index (κ1) is 26.5. The highest BCUT2D eigenvalue weighted by atomic mass is 35.5. The summed E-state index contributed by atoms with van der Waals surface area (Å²) in [6.45, 7) is 2.60. The molecule has 29 heavy (non-hydrogen) atoms. The molecule has 0 radical (unpaired) electrons. The molecule has 0 saturated heterocycles. The third kappa shape index (κ3) is 13.3. The third-order valence-electron chi connectivity index (χ3n) is 2.64. The zero-order valence-corrected chi connectivity index (χ0v) is 17.9. The number of benzene rings is 2. The number of nitrogen functional groups attached to an aromatic ring is 1. The third-order valence-corrected chi connectivity index (χ3v) is 3.20. The lowest BCUT2D eigenvalue weighted by atomic mass is 10.2. The van der Waals surface area contributed by atoms with E-state index in [0.29, 0.717) is 39.5 Å². The number of ether oxygens (including phenoxy) is 1. The molecule has 10 nitrogen and oxygen atoms in total. The fourth-order valence-corrected chi connectivity index (χ4v) is 1.93. The van der Waals surface area contributed by atoms with Gasteiger partial charge in [-0.2, -0.15) is 5.11 Å². The summed E-state index contributed by atoms with van der Waals surface area (Å²) < 4.78 is 56.2. The van der Waals surface area contributed by atoms with Gasteiger partial charge >= 0.3 is 21.2 Å². The Bertz CT molecular complexity index is 1000. The van der Waals surface area contributed by atoms with Gasteiger partial charge in [0.25, 0.3) is 0 Å². The maximum Gasteiger partial charge on any atom is 0.425 e. The molecular formula is C15H15Cl2N3O7S2. The Balaban J connectivity index is 0.000000837. The van der Waals surface area contributed by atoms with Gasteiger partial charge in [-0.05, 0) is 36.8 Å². The van der Waals surface area contributed by atoms with Crippen LogP contribution in [0.25, 0.3) is 0 Å². The predicted molar refractivity (Wildman–Crippen MR) is 107 cm³/mol. The molecule has 0 aliphatic rings. The second-order valence-corrected chi connectivity index (χ2v) is 6.43. The molecule has 0 bridgehead atoms. The van der Waals surface area contributed by atoms with Crippen LogP contribution >= 0.6 is 23.2 Å². The van der Waals surface area contributed by atoms with Crippen LogP contribution in [0.15, 0.2) is 46.6 Å². The van der Waals surface area contributed by atoms with E-state index in [4.69, 9.17) is 58.9 Å². The van der Waals surface area contributed by atoms with E-state index in [9.17, 15) is 0 Å². The molecule has 2 N–H and O–H groups in total. The molecule has 0 aromatic heterocycles. The van der Waals surface area contributed by atoms with Gasteiger partial charge in [-0.1, -0.05) is 30.1 Å². The monoisotopic (exact) mass is 483 g/mol. The van der Waals surface area contributed by atoms with Gasteiger partial charge in [-0.3, -0.25) is 0 Å². The van der Waals surface area contributed by atoms with Crippen LogP contribution in [0.5, 0.6) is 5.75 Å². The lowest BCUT2D eigenvalue weighted by Gasteiger charge is -2.09. The topological polar surface area (TPSA) is 162 Å². The van der Waals surface area contributed by atoms with E-state index in [2.05, 4.69) is 10.2 Å². The fourth-order valence-electron chi connectivity index (χ4n) is 1.59. The second-order valence-electron chi connectivity index (χ2n) is 4.77. The van der Waals surface area contributed by atoms with E-state index in [0.717, 1.165) is 6.42 Å². The van der Waals surface area contributed by atoms with Crippen LogP contribution in [0.3, 0.4) is 0 Å². The Morgan fingerprint density at radius 3 is 1.93 bits per heavy atom. The Kier molecular flexibility index (Phi) is 13.2. The number of hydrogen-bond acceptors (Lipinski definition) is 10. The van der Waals surface area contributed by atoms with E-state index in [1.165, 1.54) is 0 Å². The van der Waals surface area contributed by atoms with Crippen molar-refractivity contribution in [3.05, 3.63) is 46.4 Å². The largest absolute Gasteiger partial charge is 0.491 e. The minimum Gasteiger partial charge on any atom is -0.491 e. The van der Waals surface area contributed by atoms with E-state index >= 15 is 0 Å². The summed E-state index contributed by atoms with van der Waals surface area (Å²) in [7, 11) is -6.22. The van der Waals surface area contributed by atoms with E-state index in [-0.39, 0.29) is 0 Å². The summed E-state index contributed by atoms with van der Waals surface area (Å²) in [4.78, 5) is 0. The lowest BCUT2D eigenvalue weighted by molar-refractivity contribution is 0.319. The van der Waals surface area contributed by atoms with Crippen LogP contribution < -0.4 is 10.5 Å². The highest BCUT2D eigenvalue weighted by Crippen LogP contribution is 2.35. The summed E-state index contributed by atoms with van der Waals surface area (Å²) in [5.41, 5.74) is 7.53. The summed E-state index contributed by atoms with van der Waals surface area (Å²) in [5.74, 6) is 0.561. The van der Waals surface area contributed by atoms with Crippen molar-refractivity contribution in [3.8, 4) is 5.75 Å². The average molecular weight is 484 g/mol. The zero-order valence-electron chi connectivity index (χ0n) is 14.8. The number of anilines is 1. The number of azo groups is 1. The van der Waals surface area contributed by atoms with Gasteiger partial charge in [0, 0.05) is 11.1 Å². The van der Waals surface area contributed by atoms with Crippen LogP contribution in [-0.2, 0) is 21.2 Å². The number of hydrogen-bond donors (Lipinski definition) is 1. The molecule has 0 unspecified atom stereocenters. The highest BCUT2D eigenvalue weighted by Gasteiger charge is 2.07. The molecule has 0 spiro atoms. The van der Waals surface area contributed by atoms with Crippen molar-refractivity contribution in [3.63, 3.8) is 0 Å². The molecule has 0 aliphatic carbocycles. The Morgan fingerprint density at radius 1 is 0.931 bits per heavy atom. The molecule has 2 aromatic rings. The number of rotatable bonds is 5. The van der Waals surface area contributed by atoms with Crippen LogP contribution in [0.1, 0.15) is 13.3 Å². The molecule has 2 aromatic carbocycles. The van der Waals surface area contributed by atoms with Gasteiger partial charge in [0.05, 0.1) is 23.0 Å². The summed E-state index contributed by atoms with van der Waals surface area (Å²) in [5, 5.41) is 9.32. The van der Waals surface area contributed by atoms with Gasteiger partial charge in [0.15, 0.2) is 0 Å². The fraction of sp³-hybridized carbons (Fsp3) is 0.200. The normalized spacial score (nSPS) is 9.62. The van der Waals surface area contributed by atoms with Crippen LogP contribution in [-0.4, -0.2) is 31.9 Å². The maximum absolute atomic E-state index is 8.44. The van der Waals surface area contributed by atoms with Gasteiger partial charge in [0.1, 0.15) is 11.4 Å². The molecule has 0 saturated carbocycles. The average Bonchev–Trinajstić information content (AvgIpc) is 2.60. The first-order valence-electron chi connectivity index (χ1n) is 7.49. The molecule has 14 heteroatoms. The SMILES string of the molecule is CCCOc1cc(N=Nc2ccc(Cl)cc2)c(Cl)cc1N.O=S(=O)=O.O=S(=O)=O. The van der Waals surface area contributed by atoms with Crippen molar-refractivity contribution in [2.24, 2.45) is 10.2 Å². The standard InChI is InChI=1S/C15H15Cl2N3O.2O3S/c1-2-7-21-15-9-14(12(17)8-13(15)18)20-19-11-5-3-10(16)4-6-11;2*1-4(2)3/h3-6,8-9H,2,7,18H2,1H3;;. The van der Waals surface area contributed by atoms with Crippen molar-refractivity contribution >= 4 is 61.5 Å².